The van der Waals surface area contributed by atoms with Crippen molar-refractivity contribution in [3.63, 3.8) is 0 Å². The lowest BCUT2D eigenvalue weighted by molar-refractivity contribution is -0.121. The number of carbonyl (C=O) groups is 1. The van der Waals surface area contributed by atoms with Crippen molar-refractivity contribution in [2.24, 2.45) is 11.8 Å². The number of hydrogen-bond acceptors (Lipinski definition) is 3. The topological polar surface area (TPSA) is 46.5 Å². The Morgan fingerprint density at radius 3 is 2.42 bits per heavy atom. The molecule has 0 unspecified atom stereocenters. The fourth-order valence-electron chi connectivity index (χ4n) is 5.95. The Morgan fingerprint density at radius 1 is 1.13 bits per heavy atom. The largest absolute Gasteiger partial charge is 0.511 e. The average Bonchev–Trinajstić information content (AvgIpc) is 3.24. The molecule has 2 bridgehead atoms. The molecule has 3 nitrogen and oxygen atoms in total. The number of benzene rings is 2. The fourth-order valence-corrected chi connectivity index (χ4v) is 6.53. The summed E-state index contributed by atoms with van der Waals surface area (Å²) < 4.78 is 21.0. The van der Waals surface area contributed by atoms with Crippen LogP contribution in [0.1, 0.15) is 44.7 Å². The monoisotopic (exact) mass is 460 g/mol. The van der Waals surface area contributed by atoms with Gasteiger partial charge in [0.2, 0.25) is 0 Å². The molecule has 0 spiro atoms. The Kier molecular flexibility index (Phi) is 4.61. The molecule has 5 rings (SSSR count). The molecular formula is C25H23Cl2FO3. The molecule has 0 aromatic heterocycles. The molecule has 4 atom stereocenters. The van der Waals surface area contributed by atoms with Gasteiger partial charge in [0.1, 0.15) is 11.6 Å². The van der Waals surface area contributed by atoms with Crippen LogP contribution in [0.25, 0.3) is 16.7 Å². The van der Waals surface area contributed by atoms with E-state index in [1.54, 1.807) is 12.1 Å². The lowest BCUT2D eigenvalue weighted by atomic mass is 9.68. The predicted molar refractivity (Wildman–Crippen MR) is 120 cm³/mol. The molecule has 3 aliphatic rings. The molecule has 2 fully saturated rings. The van der Waals surface area contributed by atoms with Gasteiger partial charge in [-0.15, -0.1) is 0 Å². The zero-order valence-electron chi connectivity index (χ0n) is 17.6. The van der Waals surface area contributed by atoms with Gasteiger partial charge in [-0.05, 0) is 68.0 Å². The van der Waals surface area contributed by atoms with Gasteiger partial charge in [-0.3, -0.25) is 4.79 Å². The highest BCUT2D eigenvalue weighted by molar-refractivity contribution is 6.36. The maximum atomic E-state index is 14.7. The van der Waals surface area contributed by atoms with E-state index in [1.807, 2.05) is 26.8 Å². The maximum absolute atomic E-state index is 14.7. The summed E-state index contributed by atoms with van der Waals surface area (Å²) in [6.45, 7) is 5.94. The van der Waals surface area contributed by atoms with Crippen LogP contribution in [0.2, 0.25) is 10.0 Å². The Balaban J connectivity index is 1.69. The van der Waals surface area contributed by atoms with Gasteiger partial charge in [0.15, 0.2) is 5.78 Å². The van der Waals surface area contributed by atoms with Crippen molar-refractivity contribution in [1.82, 2.24) is 0 Å². The first kappa shape index (κ1) is 21.0. The summed E-state index contributed by atoms with van der Waals surface area (Å²) >= 11 is 12.2. The molecule has 2 aliphatic heterocycles. The molecule has 6 heteroatoms. The van der Waals surface area contributed by atoms with Gasteiger partial charge in [-0.2, -0.15) is 0 Å². The minimum atomic E-state index is -0.568. The van der Waals surface area contributed by atoms with Crippen molar-refractivity contribution < 1.29 is 19.0 Å². The molecule has 2 heterocycles. The normalized spacial score (nSPS) is 31.6. The summed E-state index contributed by atoms with van der Waals surface area (Å²) in [6.07, 6.45) is 2.27. The third-order valence-corrected chi connectivity index (χ3v) is 7.88. The molecule has 1 aliphatic carbocycles. The van der Waals surface area contributed by atoms with Gasteiger partial charge in [-0.25, -0.2) is 4.39 Å². The first-order valence-electron chi connectivity index (χ1n) is 10.6. The Labute approximate surface area is 190 Å². The standard InChI is InChI=1S/C25H23Cl2FO3/c1-4-12-5-6-13(18-16(27)10-14(26)11-17(18)28)9-15(12)19-22(29)20-21(23(19)30)25(3)8-7-24(20,2)31-25/h5-6,9-11,20-21,29H,4,7-8H2,1-3H3/t20-,21+,24-,25+/m1/s1. The Bertz CT molecular complexity index is 1150. The van der Waals surface area contributed by atoms with Gasteiger partial charge in [0.05, 0.1) is 33.6 Å². The maximum Gasteiger partial charge on any atom is 0.173 e. The van der Waals surface area contributed by atoms with Gasteiger partial charge in [-0.1, -0.05) is 42.3 Å². The molecule has 0 saturated carbocycles. The number of rotatable bonds is 3. The van der Waals surface area contributed by atoms with Crippen LogP contribution in [0.15, 0.2) is 36.1 Å². The summed E-state index contributed by atoms with van der Waals surface area (Å²) in [4.78, 5) is 13.6. The first-order valence-corrected chi connectivity index (χ1v) is 11.3. The second-order valence-electron chi connectivity index (χ2n) is 9.28. The number of fused-ring (bicyclic) bond motifs is 5. The van der Waals surface area contributed by atoms with Crippen molar-refractivity contribution in [1.29, 1.82) is 0 Å². The highest BCUT2D eigenvalue weighted by Crippen LogP contribution is 2.63. The smallest absolute Gasteiger partial charge is 0.173 e. The van der Waals surface area contributed by atoms with Crippen LogP contribution >= 0.6 is 23.2 Å². The van der Waals surface area contributed by atoms with Crippen LogP contribution in [0.5, 0.6) is 0 Å². The molecule has 2 aromatic carbocycles. The molecule has 0 radical (unpaired) electrons. The lowest BCUT2D eigenvalue weighted by Gasteiger charge is -2.30. The van der Waals surface area contributed by atoms with Crippen molar-refractivity contribution in [3.8, 4) is 11.1 Å². The second-order valence-corrected chi connectivity index (χ2v) is 10.1. The summed E-state index contributed by atoms with van der Waals surface area (Å²) in [5, 5.41) is 11.7. The van der Waals surface area contributed by atoms with Crippen LogP contribution in [0.4, 0.5) is 4.39 Å². The Hall–Kier alpha value is -1.88. The van der Waals surface area contributed by atoms with Crippen LogP contribution in [-0.4, -0.2) is 22.1 Å². The van der Waals surface area contributed by atoms with E-state index in [-0.39, 0.29) is 33.1 Å². The minimum absolute atomic E-state index is 0.0930. The van der Waals surface area contributed by atoms with E-state index in [0.717, 1.165) is 18.4 Å². The molecule has 1 N–H and O–H groups in total. The molecule has 162 valence electrons. The first-order chi connectivity index (χ1) is 14.6. The second kappa shape index (κ2) is 6.81. The van der Waals surface area contributed by atoms with Crippen LogP contribution < -0.4 is 0 Å². The van der Waals surface area contributed by atoms with E-state index in [2.05, 4.69) is 0 Å². The molecule has 2 saturated heterocycles. The third-order valence-electron chi connectivity index (χ3n) is 7.37. The number of allylic oxidation sites excluding steroid dienone is 1. The highest BCUT2D eigenvalue weighted by atomic mass is 35.5. The number of aliphatic hydroxyl groups excluding tert-OH is 1. The van der Waals surface area contributed by atoms with E-state index >= 15 is 0 Å². The summed E-state index contributed by atoms with van der Waals surface area (Å²) in [5.74, 6) is -1.28. The van der Waals surface area contributed by atoms with Crippen LogP contribution in [0.3, 0.4) is 0 Å². The van der Waals surface area contributed by atoms with E-state index in [1.165, 1.54) is 12.1 Å². The number of aliphatic hydroxyl groups is 1. The highest BCUT2D eigenvalue weighted by Gasteiger charge is 2.69. The molecular weight excluding hydrogens is 438 g/mol. The third kappa shape index (κ3) is 2.84. The van der Waals surface area contributed by atoms with Gasteiger partial charge < -0.3 is 9.84 Å². The minimum Gasteiger partial charge on any atom is -0.511 e. The number of Topliss-reactive ketones (excluding diaryl/α,β-unsaturated/α-hetero) is 1. The van der Waals surface area contributed by atoms with Gasteiger partial charge >= 0.3 is 0 Å². The number of hydrogen-bond donors (Lipinski definition) is 1. The summed E-state index contributed by atoms with van der Waals surface area (Å²) in [5.41, 5.74) is 1.53. The predicted octanol–water partition coefficient (Wildman–Crippen LogP) is 6.79. The number of aryl methyl sites for hydroxylation is 1. The number of carbonyl (C=O) groups excluding carboxylic acids is 1. The fraction of sp³-hybridized carbons (Fsp3) is 0.400. The van der Waals surface area contributed by atoms with Crippen molar-refractivity contribution >= 4 is 34.6 Å². The lowest BCUT2D eigenvalue weighted by Crippen LogP contribution is -2.39. The van der Waals surface area contributed by atoms with E-state index in [9.17, 15) is 14.3 Å². The average molecular weight is 461 g/mol. The zero-order valence-corrected chi connectivity index (χ0v) is 19.1. The quantitative estimate of drug-likeness (QED) is 0.548. The van der Waals surface area contributed by atoms with Crippen molar-refractivity contribution in [2.45, 2.75) is 51.2 Å². The van der Waals surface area contributed by atoms with E-state index in [0.29, 0.717) is 23.1 Å². The number of ether oxygens (including phenoxy) is 1. The van der Waals surface area contributed by atoms with E-state index < -0.39 is 22.9 Å². The van der Waals surface area contributed by atoms with Crippen LogP contribution in [-0.2, 0) is 16.0 Å². The SMILES string of the molecule is CCc1ccc(-c2c(F)cc(Cl)cc2Cl)cc1C1=C(O)[C@H]2[C@@H](C1=O)[C@]1(C)CC[C@@]2(C)O1. The molecule has 31 heavy (non-hydrogen) atoms. The van der Waals surface area contributed by atoms with Crippen molar-refractivity contribution in [3.05, 3.63) is 63.1 Å². The summed E-state index contributed by atoms with van der Waals surface area (Å²) in [7, 11) is 0. The molecule has 2 aromatic rings. The van der Waals surface area contributed by atoms with E-state index in [4.69, 9.17) is 27.9 Å². The van der Waals surface area contributed by atoms with Gasteiger partial charge in [0.25, 0.3) is 0 Å². The van der Waals surface area contributed by atoms with Crippen molar-refractivity contribution in [2.75, 3.05) is 0 Å². The Morgan fingerprint density at radius 2 is 1.81 bits per heavy atom. The number of halogens is 3. The number of ketones is 1. The molecule has 0 amide bonds. The van der Waals surface area contributed by atoms with Gasteiger partial charge in [0, 0.05) is 10.6 Å². The van der Waals surface area contributed by atoms with Crippen LogP contribution in [0, 0.1) is 17.7 Å². The summed E-state index contributed by atoms with van der Waals surface area (Å²) in [6, 6.07) is 8.12. The zero-order chi connectivity index (χ0) is 22.3.